The molecule has 36 heavy (non-hydrogen) atoms. The first-order valence-electron chi connectivity index (χ1n) is 12.0. The van der Waals surface area contributed by atoms with Gasteiger partial charge in [-0.2, -0.15) is 5.10 Å². The lowest BCUT2D eigenvalue weighted by Gasteiger charge is -2.30. The van der Waals surface area contributed by atoms with Gasteiger partial charge in [0.05, 0.1) is 26.2 Å². The van der Waals surface area contributed by atoms with Crippen LogP contribution < -0.4 is 0 Å². The first-order chi connectivity index (χ1) is 16.7. The molecule has 1 heterocycles. The number of carbonyl (C=O) groups is 5. The Morgan fingerprint density at radius 2 is 1.67 bits per heavy atom. The fraction of sp³-hybridized carbons (Fsp3) is 0.615. The Morgan fingerprint density at radius 1 is 1.06 bits per heavy atom. The number of esters is 2. The van der Waals surface area contributed by atoms with E-state index >= 15 is 0 Å². The molecule has 0 aromatic carbocycles. The van der Waals surface area contributed by atoms with Gasteiger partial charge in [-0.3, -0.25) is 19.1 Å². The molecule has 0 radical (unpaired) electrons. The summed E-state index contributed by atoms with van der Waals surface area (Å²) in [6.07, 6.45) is 3.14. The van der Waals surface area contributed by atoms with Crippen LogP contribution in [0.25, 0.3) is 0 Å². The van der Waals surface area contributed by atoms with Crippen molar-refractivity contribution in [3.05, 3.63) is 28.8 Å². The zero-order valence-electron chi connectivity index (χ0n) is 22.4. The van der Waals surface area contributed by atoms with Gasteiger partial charge in [-0.1, -0.05) is 27.7 Å². The minimum atomic E-state index is -1.00. The third-order valence-corrected chi connectivity index (χ3v) is 6.00. The molecule has 1 aromatic heterocycles. The van der Waals surface area contributed by atoms with Crippen molar-refractivity contribution in [3.8, 4) is 0 Å². The average molecular weight is 505 g/mol. The first kappa shape index (κ1) is 28.9. The molecule has 0 fully saturated rings. The van der Waals surface area contributed by atoms with Crippen LogP contribution in [-0.2, 0) is 42.1 Å². The van der Waals surface area contributed by atoms with Crippen molar-refractivity contribution in [2.75, 3.05) is 20.3 Å². The zero-order chi connectivity index (χ0) is 27.4. The van der Waals surface area contributed by atoms with Gasteiger partial charge in [0.25, 0.3) is 5.78 Å². The van der Waals surface area contributed by atoms with Crippen molar-refractivity contribution in [1.82, 2.24) is 9.78 Å². The van der Waals surface area contributed by atoms with Crippen LogP contribution in [0.4, 0.5) is 0 Å². The Balaban J connectivity index is 0.000000254. The van der Waals surface area contributed by atoms with E-state index in [9.17, 15) is 24.0 Å². The lowest BCUT2D eigenvalue weighted by molar-refractivity contribution is -0.157. The Morgan fingerprint density at radius 3 is 2.22 bits per heavy atom. The van der Waals surface area contributed by atoms with Crippen LogP contribution in [0.3, 0.4) is 0 Å². The largest absolute Gasteiger partial charge is 0.493 e. The standard InChI is InChI=1S/C13H18N2O3.C13H18O5/c1-5-18-12(17)10-8-6-13(2,3)7-9(16)11(8)15(4)14-10;1-5-18-12(16)11(15)8-6-13(2,3)7-9(17-4)10(8)14/h5-7H2,1-4H3;7-8H,5-6H2,1-4H3. The number of allylic oxidation sites excluding steroid dienone is 2. The van der Waals surface area contributed by atoms with E-state index in [1.165, 1.54) is 11.8 Å². The summed E-state index contributed by atoms with van der Waals surface area (Å²) >= 11 is 0. The summed E-state index contributed by atoms with van der Waals surface area (Å²) in [6, 6.07) is 0. The van der Waals surface area contributed by atoms with Crippen LogP contribution in [0.1, 0.15) is 80.9 Å². The van der Waals surface area contributed by atoms with Crippen LogP contribution in [0, 0.1) is 16.7 Å². The molecular formula is C26H36N2O8. The minimum absolute atomic E-state index is 0.0480. The van der Waals surface area contributed by atoms with Gasteiger partial charge >= 0.3 is 11.9 Å². The molecule has 1 unspecified atom stereocenters. The minimum Gasteiger partial charge on any atom is -0.493 e. The molecule has 0 spiro atoms. The molecule has 0 saturated carbocycles. The highest BCUT2D eigenvalue weighted by molar-refractivity contribution is 6.39. The summed E-state index contributed by atoms with van der Waals surface area (Å²) < 4.78 is 16.1. The molecule has 2 aliphatic rings. The number of methoxy groups -OCH3 is 1. The summed E-state index contributed by atoms with van der Waals surface area (Å²) in [7, 11) is 3.06. The van der Waals surface area contributed by atoms with E-state index in [1.807, 2.05) is 27.7 Å². The SMILES string of the molecule is CCOC(=O)C(=O)C1CC(C)(C)C=C(OC)C1=O.CCOC(=O)c1nn(C)c2c1CC(C)(C)CC2=O. The van der Waals surface area contributed by atoms with Crippen LogP contribution in [-0.4, -0.2) is 59.4 Å². The van der Waals surface area contributed by atoms with Gasteiger partial charge in [0, 0.05) is 19.0 Å². The van der Waals surface area contributed by atoms with Crippen LogP contribution >= 0.6 is 0 Å². The number of ketones is 3. The summed E-state index contributed by atoms with van der Waals surface area (Å²) in [5, 5.41) is 4.15. The van der Waals surface area contributed by atoms with Crippen LogP contribution in [0.15, 0.2) is 11.8 Å². The third kappa shape index (κ3) is 6.47. The number of ether oxygens (including phenoxy) is 3. The van der Waals surface area contributed by atoms with Gasteiger partial charge < -0.3 is 14.2 Å². The normalized spacial score (nSPS) is 19.8. The maximum absolute atomic E-state index is 12.1. The van der Waals surface area contributed by atoms with Crippen LogP contribution in [0.5, 0.6) is 0 Å². The van der Waals surface area contributed by atoms with Crippen molar-refractivity contribution >= 4 is 29.3 Å². The highest BCUT2D eigenvalue weighted by Crippen LogP contribution is 2.37. The second-order valence-corrected chi connectivity index (χ2v) is 10.4. The number of aryl methyl sites for hydroxylation is 1. The smallest absolute Gasteiger partial charge is 0.375 e. The molecule has 198 valence electrons. The summed E-state index contributed by atoms with van der Waals surface area (Å²) in [6.45, 7) is 11.6. The first-order valence-corrected chi connectivity index (χ1v) is 12.0. The van der Waals surface area contributed by atoms with Crippen molar-refractivity contribution in [2.45, 2.75) is 60.8 Å². The van der Waals surface area contributed by atoms with Gasteiger partial charge in [-0.15, -0.1) is 0 Å². The fourth-order valence-electron chi connectivity index (χ4n) is 4.50. The molecule has 10 heteroatoms. The van der Waals surface area contributed by atoms with Crippen molar-refractivity contribution in [3.63, 3.8) is 0 Å². The number of aromatic nitrogens is 2. The maximum atomic E-state index is 12.1. The van der Waals surface area contributed by atoms with Crippen molar-refractivity contribution in [1.29, 1.82) is 0 Å². The molecule has 10 nitrogen and oxygen atoms in total. The number of hydrogen-bond donors (Lipinski definition) is 0. The Hall–Kier alpha value is -3.30. The molecule has 0 bridgehead atoms. The summed E-state index contributed by atoms with van der Waals surface area (Å²) in [5.41, 5.74) is 1.07. The van der Waals surface area contributed by atoms with E-state index in [1.54, 1.807) is 27.0 Å². The average Bonchev–Trinajstić information content (AvgIpc) is 3.10. The second kappa shape index (κ2) is 11.2. The molecule has 1 aromatic rings. The fourth-order valence-corrected chi connectivity index (χ4v) is 4.50. The maximum Gasteiger partial charge on any atom is 0.375 e. The highest BCUT2D eigenvalue weighted by atomic mass is 16.5. The molecule has 0 amide bonds. The number of nitrogens with zero attached hydrogens (tertiary/aromatic N) is 2. The van der Waals surface area contributed by atoms with E-state index in [0.717, 1.165) is 5.56 Å². The third-order valence-electron chi connectivity index (χ3n) is 6.00. The predicted octanol–water partition coefficient (Wildman–Crippen LogP) is 3.02. The molecule has 0 N–H and O–H groups in total. The number of fused-ring (bicyclic) bond motifs is 1. The Bertz CT molecular complexity index is 1090. The van der Waals surface area contributed by atoms with Crippen molar-refractivity contribution < 1.29 is 38.2 Å². The molecule has 2 aliphatic carbocycles. The number of hydrogen-bond acceptors (Lipinski definition) is 9. The van der Waals surface area contributed by atoms with Gasteiger partial charge in [-0.05, 0) is 43.6 Å². The highest BCUT2D eigenvalue weighted by Gasteiger charge is 2.42. The molecular weight excluding hydrogens is 468 g/mol. The van der Waals surface area contributed by atoms with E-state index in [-0.39, 0.29) is 41.1 Å². The van der Waals surface area contributed by atoms with Gasteiger partial charge in [0.15, 0.2) is 17.2 Å². The Labute approximate surface area is 211 Å². The monoisotopic (exact) mass is 504 g/mol. The van der Waals surface area contributed by atoms with E-state index in [0.29, 0.717) is 25.1 Å². The van der Waals surface area contributed by atoms with Gasteiger partial charge in [0.2, 0.25) is 5.78 Å². The van der Waals surface area contributed by atoms with E-state index in [4.69, 9.17) is 9.47 Å². The van der Waals surface area contributed by atoms with Gasteiger partial charge in [0.1, 0.15) is 5.69 Å². The van der Waals surface area contributed by atoms with Gasteiger partial charge in [-0.25, -0.2) is 9.59 Å². The lowest BCUT2D eigenvalue weighted by atomic mass is 9.74. The van der Waals surface area contributed by atoms with E-state index < -0.39 is 29.4 Å². The number of Topliss-reactive ketones (excluding diaryl/α,β-unsaturated/α-hetero) is 3. The topological polar surface area (TPSA) is 131 Å². The summed E-state index contributed by atoms with van der Waals surface area (Å²) in [5.74, 6) is -3.46. The Kier molecular flexibility index (Phi) is 8.98. The molecule has 3 rings (SSSR count). The summed E-state index contributed by atoms with van der Waals surface area (Å²) in [4.78, 5) is 59.2. The quantitative estimate of drug-likeness (QED) is 0.326. The molecule has 0 saturated heterocycles. The second-order valence-electron chi connectivity index (χ2n) is 10.4. The van der Waals surface area contributed by atoms with Crippen LogP contribution in [0.2, 0.25) is 0 Å². The molecule has 1 atom stereocenters. The number of rotatable bonds is 6. The van der Waals surface area contributed by atoms with Crippen molar-refractivity contribution in [2.24, 2.45) is 23.8 Å². The van der Waals surface area contributed by atoms with E-state index in [2.05, 4.69) is 9.84 Å². The zero-order valence-corrected chi connectivity index (χ0v) is 22.4. The predicted molar refractivity (Wildman–Crippen MR) is 129 cm³/mol. The number of carbonyl (C=O) groups excluding carboxylic acids is 5. The lowest BCUT2D eigenvalue weighted by Crippen LogP contribution is -2.38. The molecule has 0 aliphatic heterocycles.